The Bertz CT molecular complexity index is 321. The molecule has 0 amide bonds. The van der Waals surface area contributed by atoms with Crippen LogP contribution in [-0.4, -0.2) is 29.6 Å². The molecule has 1 heterocycles. The summed E-state index contributed by atoms with van der Waals surface area (Å²) in [5.74, 6) is -0.677. The van der Waals surface area contributed by atoms with Crippen LogP contribution in [0.1, 0.15) is 21.0 Å². The normalized spacial score (nSPS) is 9.50. The summed E-state index contributed by atoms with van der Waals surface area (Å²) in [6.45, 7) is 0. The smallest absolute Gasteiger partial charge is 0.360 e. The Kier molecular flexibility index (Phi) is 2.44. The van der Waals surface area contributed by atoms with Crippen LogP contribution in [0.4, 0.5) is 0 Å². The van der Waals surface area contributed by atoms with Gasteiger partial charge >= 0.3 is 5.97 Å². The topological polar surface area (TPSA) is 72.0 Å². The minimum Gasteiger partial charge on any atom is -0.464 e. The van der Waals surface area contributed by atoms with Gasteiger partial charge in [0.1, 0.15) is 10.7 Å². The van der Waals surface area contributed by atoms with Crippen molar-refractivity contribution in [2.24, 2.45) is 0 Å². The summed E-state index contributed by atoms with van der Waals surface area (Å²) in [5.41, 5.74) is -0.0154. The number of hydrogen-bond donors (Lipinski definition) is 1. The molecule has 5 nitrogen and oxygen atoms in total. The lowest BCUT2D eigenvalue weighted by Gasteiger charge is -1.92. The maximum absolute atomic E-state index is 10.9. The molecular formula is C6H5ClN2O3. The Morgan fingerprint density at radius 1 is 1.75 bits per heavy atom. The Morgan fingerprint density at radius 2 is 2.42 bits per heavy atom. The van der Waals surface area contributed by atoms with Gasteiger partial charge in [-0.3, -0.25) is 9.89 Å². The summed E-state index contributed by atoms with van der Waals surface area (Å²) >= 11 is 5.57. The zero-order chi connectivity index (χ0) is 9.14. The highest BCUT2D eigenvalue weighted by Gasteiger charge is 2.17. The van der Waals surface area contributed by atoms with Crippen LogP contribution >= 0.6 is 11.6 Å². The highest BCUT2D eigenvalue weighted by molar-refractivity contribution is 6.35. The van der Waals surface area contributed by atoms with Crippen molar-refractivity contribution in [2.75, 3.05) is 7.11 Å². The van der Waals surface area contributed by atoms with Crippen molar-refractivity contribution in [3.05, 3.63) is 16.4 Å². The van der Waals surface area contributed by atoms with Crippen LogP contribution in [0.5, 0.6) is 0 Å². The van der Waals surface area contributed by atoms with E-state index in [0.29, 0.717) is 6.29 Å². The third-order valence-corrected chi connectivity index (χ3v) is 1.61. The first-order chi connectivity index (χ1) is 5.70. The molecule has 0 unspecified atom stereocenters. The lowest BCUT2D eigenvalue weighted by atomic mass is 10.4. The SMILES string of the molecule is COC(=O)c1n[nH]c(C=O)c1Cl. The summed E-state index contributed by atoms with van der Waals surface area (Å²) in [5, 5.41) is 5.77. The Morgan fingerprint density at radius 3 is 2.83 bits per heavy atom. The Labute approximate surface area is 72.7 Å². The lowest BCUT2D eigenvalue weighted by molar-refractivity contribution is 0.0594. The van der Waals surface area contributed by atoms with Gasteiger partial charge in [-0.2, -0.15) is 5.10 Å². The number of nitrogens with one attached hydrogen (secondary N) is 1. The average molecular weight is 189 g/mol. The molecular weight excluding hydrogens is 184 g/mol. The number of aldehydes is 1. The van der Waals surface area contributed by atoms with E-state index in [2.05, 4.69) is 14.9 Å². The molecule has 1 aromatic rings. The van der Waals surface area contributed by atoms with E-state index in [0.717, 1.165) is 0 Å². The number of rotatable bonds is 2. The fourth-order valence-electron chi connectivity index (χ4n) is 0.652. The second-order valence-electron chi connectivity index (χ2n) is 1.91. The minimum absolute atomic E-state index is 0.0168. The molecule has 0 fully saturated rings. The van der Waals surface area contributed by atoms with Crippen LogP contribution in [0.2, 0.25) is 5.02 Å². The summed E-state index contributed by atoms with van der Waals surface area (Å²) < 4.78 is 4.35. The number of methoxy groups -OCH3 is 1. The van der Waals surface area contributed by atoms with Gasteiger partial charge in [-0.15, -0.1) is 0 Å². The maximum atomic E-state index is 10.9. The number of carbonyl (C=O) groups excluding carboxylic acids is 2. The van der Waals surface area contributed by atoms with E-state index in [1.165, 1.54) is 7.11 Å². The molecule has 1 aromatic heterocycles. The number of nitrogens with zero attached hydrogens (tertiary/aromatic N) is 1. The van der Waals surface area contributed by atoms with Crippen LogP contribution in [0.25, 0.3) is 0 Å². The molecule has 0 aliphatic rings. The van der Waals surface area contributed by atoms with Gasteiger partial charge in [0.15, 0.2) is 12.0 Å². The fraction of sp³-hybridized carbons (Fsp3) is 0.167. The van der Waals surface area contributed by atoms with Crippen LogP contribution < -0.4 is 0 Å². The van der Waals surface area contributed by atoms with Gasteiger partial charge in [0.25, 0.3) is 0 Å². The van der Waals surface area contributed by atoms with Crippen LogP contribution in [0.15, 0.2) is 0 Å². The molecule has 64 valence electrons. The number of H-pyrrole nitrogens is 1. The van der Waals surface area contributed by atoms with Crippen molar-refractivity contribution in [1.29, 1.82) is 0 Å². The van der Waals surface area contributed by atoms with Crippen molar-refractivity contribution in [3.8, 4) is 0 Å². The molecule has 1 N–H and O–H groups in total. The number of ether oxygens (including phenoxy) is 1. The van der Waals surface area contributed by atoms with Crippen molar-refractivity contribution >= 4 is 23.9 Å². The quantitative estimate of drug-likeness (QED) is 0.547. The molecule has 0 aliphatic heterocycles. The van der Waals surface area contributed by atoms with E-state index in [1.807, 2.05) is 0 Å². The van der Waals surface area contributed by atoms with Crippen molar-refractivity contribution in [2.45, 2.75) is 0 Å². The predicted molar refractivity (Wildman–Crippen MR) is 40.3 cm³/mol. The van der Waals surface area contributed by atoms with Crippen LogP contribution in [0.3, 0.4) is 0 Å². The number of halogens is 1. The highest BCUT2D eigenvalue weighted by Crippen LogP contribution is 2.16. The lowest BCUT2D eigenvalue weighted by Crippen LogP contribution is -2.02. The standard InChI is InChI=1S/C6H5ClN2O3/c1-12-6(11)5-4(7)3(2-10)8-9-5/h2H,1H3,(H,8,9). The number of esters is 1. The molecule has 12 heavy (non-hydrogen) atoms. The molecule has 0 saturated heterocycles. The van der Waals surface area contributed by atoms with E-state index >= 15 is 0 Å². The van der Waals surface area contributed by atoms with E-state index in [9.17, 15) is 9.59 Å². The van der Waals surface area contributed by atoms with Crippen LogP contribution in [0, 0.1) is 0 Å². The molecule has 0 atom stereocenters. The van der Waals surface area contributed by atoms with E-state index in [-0.39, 0.29) is 16.4 Å². The third kappa shape index (κ3) is 1.31. The molecule has 0 aromatic carbocycles. The number of aromatic nitrogens is 2. The van der Waals surface area contributed by atoms with Gasteiger partial charge in [0, 0.05) is 0 Å². The second-order valence-corrected chi connectivity index (χ2v) is 2.29. The second kappa shape index (κ2) is 3.36. The van der Waals surface area contributed by atoms with Gasteiger partial charge < -0.3 is 4.74 Å². The van der Waals surface area contributed by atoms with Gasteiger partial charge in [0.05, 0.1) is 7.11 Å². The summed E-state index contributed by atoms with van der Waals surface area (Å²) in [4.78, 5) is 21.1. The largest absolute Gasteiger partial charge is 0.464 e. The van der Waals surface area contributed by atoms with Crippen molar-refractivity contribution in [3.63, 3.8) is 0 Å². The summed E-state index contributed by atoms with van der Waals surface area (Å²) in [6.07, 6.45) is 0.474. The zero-order valence-corrected chi connectivity index (χ0v) is 6.88. The molecule has 0 bridgehead atoms. The van der Waals surface area contributed by atoms with E-state index < -0.39 is 5.97 Å². The number of hydrogen-bond acceptors (Lipinski definition) is 4. The fourth-order valence-corrected chi connectivity index (χ4v) is 0.858. The number of aromatic amines is 1. The molecule has 0 spiro atoms. The van der Waals surface area contributed by atoms with E-state index in [1.54, 1.807) is 0 Å². The Balaban J connectivity index is 3.10. The van der Waals surface area contributed by atoms with Crippen molar-refractivity contribution in [1.82, 2.24) is 10.2 Å². The summed E-state index contributed by atoms with van der Waals surface area (Å²) in [7, 11) is 1.20. The monoisotopic (exact) mass is 188 g/mol. The average Bonchev–Trinajstić information content (AvgIpc) is 2.45. The van der Waals surface area contributed by atoms with E-state index in [4.69, 9.17) is 11.6 Å². The first kappa shape index (κ1) is 8.73. The molecule has 1 rings (SSSR count). The molecule has 0 radical (unpaired) electrons. The molecule has 0 aliphatic carbocycles. The maximum Gasteiger partial charge on any atom is 0.360 e. The Hall–Kier alpha value is -1.36. The molecule has 6 heteroatoms. The van der Waals surface area contributed by atoms with Gasteiger partial charge in [-0.05, 0) is 0 Å². The van der Waals surface area contributed by atoms with Gasteiger partial charge in [0.2, 0.25) is 0 Å². The first-order valence-corrected chi connectivity index (χ1v) is 3.36. The minimum atomic E-state index is -0.677. The predicted octanol–water partition coefficient (Wildman–Crippen LogP) is 0.662. The van der Waals surface area contributed by atoms with Crippen molar-refractivity contribution < 1.29 is 14.3 Å². The first-order valence-electron chi connectivity index (χ1n) is 2.98. The van der Waals surface area contributed by atoms with Gasteiger partial charge in [-0.1, -0.05) is 11.6 Å². The zero-order valence-electron chi connectivity index (χ0n) is 6.13. The van der Waals surface area contributed by atoms with Gasteiger partial charge in [-0.25, -0.2) is 4.79 Å². The highest BCUT2D eigenvalue weighted by atomic mass is 35.5. The van der Waals surface area contributed by atoms with Crippen LogP contribution in [-0.2, 0) is 4.74 Å². The molecule has 0 saturated carbocycles. The number of carbonyl (C=O) groups is 2. The third-order valence-electron chi connectivity index (χ3n) is 1.23. The summed E-state index contributed by atoms with van der Waals surface area (Å²) in [6, 6.07) is 0.